The van der Waals surface area contributed by atoms with E-state index in [1.165, 1.54) is 50.1 Å². The highest BCUT2D eigenvalue weighted by molar-refractivity contribution is 5.90. The molecular formula is C54H43NO. The van der Waals surface area contributed by atoms with E-state index in [4.69, 9.17) is 4.42 Å². The summed E-state index contributed by atoms with van der Waals surface area (Å²) < 4.78 is 6.64. The number of para-hydroxylation sites is 1. The zero-order valence-electron chi connectivity index (χ0n) is 32.0. The maximum absolute atomic E-state index is 6.64. The van der Waals surface area contributed by atoms with Crippen molar-refractivity contribution in [1.29, 1.82) is 0 Å². The maximum Gasteiger partial charge on any atom is 0.139 e. The number of fused-ring (bicyclic) bond motifs is 1. The van der Waals surface area contributed by atoms with Gasteiger partial charge in [-0.15, -0.1) is 0 Å². The lowest BCUT2D eigenvalue weighted by molar-refractivity contribution is 0.568. The first kappa shape index (κ1) is 34.8. The zero-order valence-corrected chi connectivity index (χ0v) is 32.0. The molecule has 0 fully saturated rings. The van der Waals surface area contributed by atoms with Crippen LogP contribution in [0, 0.1) is 0 Å². The molecule has 0 bridgehead atoms. The van der Waals surface area contributed by atoms with Crippen LogP contribution < -0.4 is 4.90 Å². The summed E-state index contributed by atoms with van der Waals surface area (Å²) in [5, 5.41) is 1.16. The van der Waals surface area contributed by atoms with Gasteiger partial charge in [0, 0.05) is 33.6 Å². The van der Waals surface area contributed by atoms with Gasteiger partial charge in [-0.2, -0.15) is 0 Å². The first-order valence-electron chi connectivity index (χ1n) is 19.3. The van der Waals surface area contributed by atoms with E-state index in [0.29, 0.717) is 0 Å². The van der Waals surface area contributed by atoms with Crippen molar-refractivity contribution in [3.63, 3.8) is 0 Å². The molecule has 0 atom stereocenters. The van der Waals surface area contributed by atoms with Gasteiger partial charge in [-0.3, -0.25) is 0 Å². The van der Waals surface area contributed by atoms with Gasteiger partial charge in [0.15, 0.2) is 0 Å². The van der Waals surface area contributed by atoms with Crippen molar-refractivity contribution in [3.8, 4) is 55.8 Å². The van der Waals surface area contributed by atoms with E-state index in [1.807, 2.05) is 6.07 Å². The molecule has 2 heteroatoms. The number of rotatable bonds is 8. The maximum atomic E-state index is 6.64. The Balaban J connectivity index is 1.09. The second-order valence-corrected chi connectivity index (χ2v) is 15.4. The Bertz CT molecular complexity index is 2590. The lowest BCUT2D eigenvalue weighted by Crippen LogP contribution is -2.12. The van der Waals surface area contributed by atoms with Crippen molar-refractivity contribution in [2.45, 2.75) is 26.2 Å². The topological polar surface area (TPSA) is 16.4 Å². The first-order chi connectivity index (χ1) is 27.4. The van der Waals surface area contributed by atoms with Crippen LogP contribution >= 0.6 is 0 Å². The second-order valence-electron chi connectivity index (χ2n) is 15.4. The van der Waals surface area contributed by atoms with E-state index in [-0.39, 0.29) is 5.41 Å². The summed E-state index contributed by atoms with van der Waals surface area (Å²) in [5.41, 5.74) is 15.9. The van der Waals surface area contributed by atoms with Gasteiger partial charge in [0.25, 0.3) is 0 Å². The van der Waals surface area contributed by atoms with Crippen LogP contribution in [0.15, 0.2) is 211 Å². The van der Waals surface area contributed by atoms with Crippen molar-refractivity contribution in [3.05, 3.63) is 212 Å². The Morgan fingerprint density at radius 1 is 0.339 bits per heavy atom. The molecule has 9 rings (SSSR count). The lowest BCUT2D eigenvalue weighted by Gasteiger charge is -2.27. The van der Waals surface area contributed by atoms with Gasteiger partial charge in [0.1, 0.15) is 11.3 Å². The Kier molecular flexibility index (Phi) is 9.17. The van der Waals surface area contributed by atoms with E-state index < -0.39 is 0 Å². The first-order valence-corrected chi connectivity index (χ1v) is 19.3. The number of hydrogen-bond donors (Lipinski definition) is 0. The van der Waals surface area contributed by atoms with Crippen molar-refractivity contribution in [2.75, 3.05) is 4.90 Å². The van der Waals surface area contributed by atoms with Crippen LogP contribution in [0.1, 0.15) is 26.3 Å². The molecule has 2 nitrogen and oxygen atoms in total. The Hall–Kier alpha value is -6.90. The van der Waals surface area contributed by atoms with Gasteiger partial charge in [-0.1, -0.05) is 185 Å². The molecule has 270 valence electrons. The van der Waals surface area contributed by atoms with Crippen molar-refractivity contribution < 1.29 is 4.42 Å². The normalized spacial score (nSPS) is 11.5. The van der Waals surface area contributed by atoms with Gasteiger partial charge in [-0.25, -0.2) is 0 Å². The van der Waals surface area contributed by atoms with Crippen molar-refractivity contribution in [1.82, 2.24) is 0 Å². The zero-order chi connectivity index (χ0) is 38.1. The van der Waals surface area contributed by atoms with Crippen molar-refractivity contribution in [2.24, 2.45) is 0 Å². The second kappa shape index (κ2) is 14.7. The molecule has 0 spiro atoms. The molecule has 1 heterocycles. The van der Waals surface area contributed by atoms with Crippen LogP contribution in [0.25, 0.3) is 66.8 Å². The predicted molar refractivity (Wildman–Crippen MR) is 237 cm³/mol. The molecule has 0 saturated heterocycles. The predicted octanol–water partition coefficient (Wildman–Crippen LogP) is 15.5. The van der Waals surface area contributed by atoms with E-state index in [1.54, 1.807) is 0 Å². The summed E-state index contributed by atoms with van der Waals surface area (Å²) in [4.78, 5) is 2.34. The summed E-state index contributed by atoms with van der Waals surface area (Å²) >= 11 is 0. The summed E-state index contributed by atoms with van der Waals surface area (Å²) in [6.45, 7) is 6.78. The third-order valence-corrected chi connectivity index (χ3v) is 10.6. The van der Waals surface area contributed by atoms with Crippen LogP contribution in [0.5, 0.6) is 0 Å². The number of benzene rings is 8. The molecule has 0 N–H and O–H groups in total. The van der Waals surface area contributed by atoms with E-state index in [0.717, 1.165) is 39.4 Å². The molecule has 0 radical (unpaired) electrons. The minimum absolute atomic E-state index is 0.109. The summed E-state index contributed by atoms with van der Waals surface area (Å²) in [7, 11) is 0. The summed E-state index contributed by atoms with van der Waals surface area (Å²) in [6.07, 6.45) is 0. The van der Waals surface area contributed by atoms with Crippen LogP contribution in [-0.4, -0.2) is 0 Å². The fraction of sp³-hybridized carbons (Fsp3) is 0.0741. The summed E-state index contributed by atoms with van der Waals surface area (Å²) in [6, 6.07) is 73.7. The molecule has 0 aliphatic heterocycles. The molecule has 0 amide bonds. The van der Waals surface area contributed by atoms with Crippen LogP contribution in [0.4, 0.5) is 17.1 Å². The van der Waals surface area contributed by atoms with E-state index in [9.17, 15) is 0 Å². The smallest absolute Gasteiger partial charge is 0.139 e. The largest absolute Gasteiger partial charge is 0.456 e. The standard InChI is InChI=1S/C54H43NO/c1-54(2,3)52-50-19-10-11-20-51(50)56-53(52)46-17-12-18-49(37-46)55(47-33-29-44(30-34-47)42-25-21-40(22-26-42)38-13-6-4-7-14-38)48-35-31-45(32-36-48)43-27-23-41(24-28-43)39-15-8-5-9-16-39/h4-37H,1-3H3. The fourth-order valence-electron chi connectivity index (χ4n) is 7.80. The molecular weight excluding hydrogens is 679 g/mol. The van der Waals surface area contributed by atoms with Gasteiger partial charge >= 0.3 is 0 Å². The Morgan fingerprint density at radius 3 is 1.16 bits per heavy atom. The number of anilines is 3. The van der Waals surface area contributed by atoms with E-state index >= 15 is 0 Å². The number of furan rings is 1. The van der Waals surface area contributed by atoms with Crippen molar-refractivity contribution >= 4 is 28.0 Å². The number of hydrogen-bond acceptors (Lipinski definition) is 2. The fourth-order valence-corrected chi connectivity index (χ4v) is 7.80. The highest BCUT2D eigenvalue weighted by Gasteiger charge is 2.26. The highest BCUT2D eigenvalue weighted by atomic mass is 16.3. The average Bonchev–Trinajstić information content (AvgIpc) is 3.66. The summed E-state index contributed by atoms with van der Waals surface area (Å²) in [5.74, 6) is 0.920. The average molecular weight is 722 g/mol. The third kappa shape index (κ3) is 6.94. The molecule has 9 aromatic rings. The lowest BCUT2D eigenvalue weighted by atomic mass is 9.83. The SMILES string of the molecule is CC(C)(C)c1c(-c2cccc(N(c3ccc(-c4ccc(-c5ccccc5)cc4)cc3)c3ccc(-c4ccc(-c5ccccc5)cc4)cc3)c2)oc2ccccc12. The monoisotopic (exact) mass is 721 g/mol. The number of nitrogens with zero attached hydrogens (tertiary/aromatic N) is 1. The Morgan fingerprint density at radius 2 is 0.714 bits per heavy atom. The van der Waals surface area contributed by atoms with Crippen LogP contribution in [0.3, 0.4) is 0 Å². The Labute approximate surface area is 330 Å². The quantitative estimate of drug-likeness (QED) is 0.155. The molecule has 8 aromatic carbocycles. The molecule has 0 saturated carbocycles. The van der Waals surface area contributed by atoms with Gasteiger partial charge in [-0.05, 0) is 92.4 Å². The van der Waals surface area contributed by atoms with E-state index in [2.05, 4.69) is 226 Å². The molecule has 56 heavy (non-hydrogen) atoms. The molecule has 0 aliphatic rings. The minimum Gasteiger partial charge on any atom is -0.456 e. The minimum atomic E-state index is -0.109. The third-order valence-electron chi connectivity index (χ3n) is 10.6. The van der Waals surface area contributed by atoms with Gasteiger partial charge in [0.05, 0.1) is 0 Å². The molecule has 1 aromatic heterocycles. The highest BCUT2D eigenvalue weighted by Crippen LogP contribution is 2.44. The molecule has 0 unspecified atom stereocenters. The van der Waals surface area contributed by atoms with Gasteiger partial charge < -0.3 is 9.32 Å². The van der Waals surface area contributed by atoms with Gasteiger partial charge in [0.2, 0.25) is 0 Å². The van der Waals surface area contributed by atoms with Crippen LogP contribution in [0.2, 0.25) is 0 Å². The van der Waals surface area contributed by atoms with Crippen LogP contribution in [-0.2, 0) is 5.41 Å². The molecule has 0 aliphatic carbocycles.